The molecule has 1 unspecified atom stereocenters. The molecule has 0 spiro atoms. The van der Waals surface area contributed by atoms with Crippen molar-refractivity contribution in [2.45, 2.75) is 17.2 Å². The lowest BCUT2D eigenvalue weighted by atomic mass is 10.1. The van der Waals surface area contributed by atoms with Gasteiger partial charge < -0.3 is 5.73 Å². The number of pyridine rings is 1. The second kappa shape index (κ2) is 6.81. The topological polar surface area (TPSA) is 38.9 Å². The van der Waals surface area contributed by atoms with Crippen LogP contribution in [-0.2, 0) is 6.18 Å². The third-order valence-electron chi connectivity index (χ3n) is 2.78. The first-order valence-electron chi connectivity index (χ1n) is 6.03. The van der Waals surface area contributed by atoms with E-state index in [0.29, 0.717) is 11.3 Å². The van der Waals surface area contributed by atoms with Crippen LogP contribution < -0.4 is 5.73 Å². The number of nitrogens with two attached hydrogens (primary N) is 1. The summed E-state index contributed by atoms with van der Waals surface area (Å²) in [5.74, 6) is 0.542. The number of alkyl halides is 3. The normalized spacial score (nSPS) is 13.2. The average molecular weight is 377 g/mol. The van der Waals surface area contributed by atoms with Gasteiger partial charge in [0.1, 0.15) is 0 Å². The largest absolute Gasteiger partial charge is 0.416 e. The van der Waals surface area contributed by atoms with Gasteiger partial charge in [-0.25, -0.2) is 4.98 Å². The second-order valence-corrected chi connectivity index (χ2v) is 6.31. The van der Waals surface area contributed by atoms with Gasteiger partial charge in [0.15, 0.2) is 0 Å². The molecule has 0 bridgehead atoms. The fraction of sp³-hybridized carbons (Fsp3) is 0.214. The molecule has 1 atom stereocenters. The number of halogens is 4. The highest BCUT2D eigenvalue weighted by atomic mass is 79.9. The molecule has 1 aromatic carbocycles. The van der Waals surface area contributed by atoms with Crippen LogP contribution in [0.1, 0.15) is 17.2 Å². The quantitative estimate of drug-likeness (QED) is 0.788. The van der Waals surface area contributed by atoms with Crippen LogP contribution in [0, 0.1) is 0 Å². The molecule has 7 heteroatoms. The third-order valence-corrected chi connectivity index (χ3v) is 4.31. The van der Waals surface area contributed by atoms with Gasteiger partial charge in [0.25, 0.3) is 0 Å². The van der Waals surface area contributed by atoms with Crippen molar-refractivity contribution < 1.29 is 13.2 Å². The summed E-state index contributed by atoms with van der Waals surface area (Å²) in [6.07, 6.45) is -2.63. The van der Waals surface area contributed by atoms with Crippen molar-refractivity contribution in [3.63, 3.8) is 0 Å². The Kier molecular flexibility index (Phi) is 5.29. The van der Waals surface area contributed by atoms with Crippen LogP contribution in [-0.4, -0.2) is 10.7 Å². The first-order chi connectivity index (χ1) is 9.86. The first kappa shape index (κ1) is 16.3. The Hall–Kier alpha value is -1.05. The number of thioether (sulfide) groups is 1. The fourth-order valence-electron chi connectivity index (χ4n) is 1.64. The van der Waals surface area contributed by atoms with E-state index in [2.05, 4.69) is 20.9 Å². The lowest BCUT2D eigenvalue weighted by Gasteiger charge is -2.13. The predicted molar refractivity (Wildman–Crippen MR) is 81.0 cm³/mol. The van der Waals surface area contributed by atoms with Crippen molar-refractivity contribution >= 4 is 27.7 Å². The second-order valence-electron chi connectivity index (χ2n) is 4.35. The van der Waals surface area contributed by atoms with Gasteiger partial charge in [0, 0.05) is 22.5 Å². The molecular weight excluding hydrogens is 365 g/mol. The first-order valence-corrected chi connectivity index (χ1v) is 7.81. The van der Waals surface area contributed by atoms with Crippen LogP contribution in [0.4, 0.5) is 13.2 Å². The van der Waals surface area contributed by atoms with E-state index in [0.717, 1.165) is 21.6 Å². The van der Waals surface area contributed by atoms with Gasteiger partial charge in [-0.2, -0.15) is 13.2 Å². The number of benzene rings is 1. The molecule has 2 rings (SSSR count). The highest BCUT2D eigenvalue weighted by Gasteiger charge is 2.30. The SMILES string of the molecule is NC(CSc1ccc(Br)cn1)c1ccc(C(F)(F)F)cc1. The smallest absolute Gasteiger partial charge is 0.323 e. The van der Waals surface area contributed by atoms with Crippen LogP contribution in [0.25, 0.3) is 0 Å². The molecule has 112 valence electrons. The molecule has 2 N–H and O–H groups in total. The van der Waals surface area contributed by atoms with Crippen LogP contribution in [0.3, 0.4) is 0 Å². The maximum Gasteiger partial charge on any atom is 0.416 e. The molecule has 0 saturated carbocycles. The highest BCUT2D eigenvalue weighted by molar-refractivity contribution is 9.10. The minimum atomic E-state index is -4.32. The van der Waals surface area contributed by atoms with Crippen LogP contribution in [0.2, 0.25) is 0 Å². The lowest BCUT2D eigenvalue weighted by molar-refractivity contribution is -0.137. The van der Waals surface area contributed by atoms with Crippen LogP contribution >= 0.6 is 27.7 Å². The molecule has 1 heterocycles. The Labute approximate surface area is 133 Å². The van der Waals surface area contributed by atoms with Crippen molar-refractivity contribution in [3.8, 4) is 0 Å². The zero-order valence-electron chi connectivity index (χ0n) is 10.8. The summed E-state index contributed by atoms with van der Waals surface area (Å²) < 4.78 is 38.3. The number of rotatable bonds is 4. The third kappa shape index (κ3) is 4.72. The summed E-state index contributed by atoms with van der Waals surface area (Å²) in [6, 6.07) is 8.33. The number of nitrogens with zero attached hydrogens (tertiary/aromatic N) is 1. The molecule has 21 heavy (non-hydrogen) atoms. The zero-order chi connectivity index (χ0) is 15.5. The molecule has 0 amide bonds. The zero-order valence-corrected chi connectivity index (χ0v) is 13.2. The molecule has 0 aliphatic heterocycles. The summed E-state index contributed by atoms with van der Waals surface area (Å²) >= 11 is 4.76. The van der Waals surface area contributed by atoms with Crippen molar-refractivity contribution in [2.24, 2.45) is 5.73 Å². The number of hydrogen-bond acceptors (Lipinski definition) is 3. The van der Waals surface area contributed by atoms with E-state index in [-0.39, 0.29) is 6.04 Å². The summed E-state index contributed by atoms with van der Waals surface area (Å²) in [4.78, 5) is 4.20. The molecule has 0 aliphatic carbocycles. The van der Waals surface area contributed by atoms with Gasteiger partial charge in [-0.05, 0) is 45.8 Å². The maximum absolute atomic E-state index is 12.5. The van der Waals surface area contributed by atoms with E-state index in [1.807, 2.05) is 12.1 Å². The molecular formula is C14H12BrF3N2S. The van der Waals surface area contributed by atoms with Gasteiger partial charge in [-0.15, -0.1) is 11.8 Å². The average Bonchev–Trinajstić information content (AvgIpc) is 2.45. The van der Waals surface area contributed by atoms with E-state index in [4.69, 9.17) is 5.73 Å². The minimum Gasteiger partial charge on any atom is -0.323 e. The highest BCUT2D eigenvalue weighted by Crippen LogP contribution is 2.30. The molecule has 0 aliphatic rings. The standard InChI is InChI=1S/C14H12BrF3N2S/c15-11-5-6-13(20-7-11)21-8-12(19)9-1-3-10(4-2-9)14(16,17)18/h1-7,12H,8,19H2. The van der Waals surface area contributed by atoms with Gasteiger partial charge >= 0.3 is 6.18 Å². The van der Waals surface area contributed by atoms with Crippen molar-refractivity contribution in [1.29, 1.82) is 0 Å². The predicted octanol–water partition coefficient (Wildman–Crippen LogP) is 4.66. The van der Waals surface area contributed by atoms with Gasteiger partial charge in [-0.3, -0.25) is 0 Å². The summed E-state index contributed by atoms with van der Waals surface area (Å²) in [6.45, 7) is 0. The fourth-order valence-corrected chi connectivity index (χ4v) is 2.71. The molecule has 0 radical (unpaired) electrons. The molecule has 1 aromatic heterocycles. The van der Waals surface area contributed by atoms with E-state index >= 15 is 0 Å². The molecule has 0 fully saturated rings. The Balaban J connectivity index is 1.97. The lowest BCUT2D eigenvalue weighted by Crippen LogP contribution is -2.13. The molecule has 2 nitrogen and oxygen atoms in total. The monoisotopic (exact) mass is 376 g/mol. The van der Waals surface area contributed by atoms with E-state index in [1.54, 1.807) is 6.20 Å². The summed E-state index contributed by atoms with van der Waals surface area (Å²) in [7, 11) is 0. The Bertz CT molecular complexity index is 585. The van der Waals surface area contributed by atoms with Crippen LogP contribution in [0.15, 0.2) is 52.1 Å². The van der Waals surface area contributed by atoms with E-state index in [1.165, 1.54) is 23.9 Å². The van der Waals surface area contributed by atoms with Crippen molar-refractivity contribution in [1.82, 2.24) is 4.98 Å². The van der Waals surface area contributed by atoms with Gasteiger partial charge in [-0.1, -0.05) is 12.1 Å². The molecule has 2 aromatic rings. The summed E-state index contributed by atoms with van der Waals surface area (Å²) in [5.41, 5.74) is 6.00. The van der Waals surface area contributed by atoms with Crippen LogP contribution in [0.5, 0.6) is 0 Å². The summed E-state index contributed by atoms with van der Waals surface area (Å²) in [5, 5.41) is 0.820. The number of aromatic nitrogens is 1. The Morgan fingerprint density at radius 2 is 1.81 bits per heavy atom. The van der Waals surface area contributed by atoms with Crippen molar-refractivity contribution in [3.05, 3.63) is 58.2 Å². The van der Waals surface area contributed by atoms with Crippen molar-refractivity contribution in [2.75, 3.05) is 5.75 Å². The van der Waals surface area contributed by atoms with E-state index in [9.17, 15) is 13.2 Å². The minimum absolute atomic E-state index is 0.345. The Morgan fingerprint density at radius 1 is 1.14 bits per heavy atom. The molecule has 0 saturated heterocycles. The Morgan fingerprint density at radius 3 is 2.33 bits per heavy atom. The van der Waals surface area contributed by atoms with Gasteiger partial charge in [0.2, 0.25) is 0 Å². The number of hydrogen-bond donors (Lipinski definition) is 1. The maximum atomic E-state index is 12.5. The van der Waals surface area contributed by atoms with E-state index < -0.39 is 11.7 Å². The van der Waals surface area contributed by atoms with Gasteiger partial charge in [0.05, 0.1) is 10.6 Å².